The van der Waals surface area contributed by atoms with Gasteiger partial charge < -0.3 is 14.8 Å². The minimum absolute atomic E-state index is 0.0836. The van der Waals surface area contributed by atoms with E-state index in [2.05, 4.69) is 5.32 Å². The number of methoxy groups -OCH3 is 2. The lowest BCUT2D eigenvalue weighted by Crippen LogP contribution is -2.28. The zero-order chi connectivity index (χ0) is 18.0. The molecule has 0 atom stereocenters. The van der Waals surface area contributed by atoms with Gasteiger partial charge in [-0.15, -0.1) is 0 Å². The monoisotopic (exact) mass is 341 g/mol. The molecule has 7 heteroatoms. The minimum Gasteiger partial charge on any atom is -0.497 e. The number of fused-ring (bicyclic) bond motifs is 1. The third-order valence-electron chi connectivity index (χ3n) is 3.99. The Hall–Kier alpha value is -3.22. The van der Waals surface area contributed by atoms with Crippen LogP contribution >= 0.6 is 0 Å². The lowest BCUT2D eigenvalue weighted by atomic mass is 10.2. The molecule has 130 valence electrons. The number of rotatable bonds is 5. The number of nitrogens with zero attached hydrogens (tertiary/aromatic N) is 2. The van der Waals surface area contributed by atoms with Gasteiger partial charge in [0.15, 0.2) is 0 Å². The molecule has 0 unspecified atom stereocenters. The highest BCUT2D eigenvalue weighted by molar-refractivity contribution is 5.92. The molecule has 0 fully saturated rings. The van der Waals surface area contributed by atoms with E-state index < -0.39 is 0 Å². The SMILES string of the molecule is COc1cc(NC(=O)Cn2c(=O)n(C)c3ccccc32)cc(OC)c1. The van der Waals surface area contributed by atoms with Gasteiger partial charge in [0.1, 0.15) is 18.0 Å². The van der Waals surface area contributed by atoms with E-state index in [0.29, 0.717) is 22.7 Å². The number of aryl methyl sites for hydroxylation is 1. The maximum atomic E-state index is 12.4. The Bertz CT molecular complexity index is 965. The molecule has 0 aliphatic carbocycles. The Kier molecular flexibility index (Phi) is 4.47. The summed E-state index contributed by atoms with van der Waals surface area (Å²) in [5.41, 5.74) is 1.80. The van der Waals surface area contributed by atoms with E-state index in [1.54, 1.807) is 25.2 Å². The van der Waals surface area contributed by atoms with Gasteiger partial charge in [0.05, 0.1) is 25.3 Å². The fourth-order valence-corrected chi connectivity index (χ4v) is 2.74. The molecule has 1 heterocycles. The van der Waals surface area contributed by atoms with Crippen molar-refractivity contribution >= 4 is 22.6 Å². The van der Waals surface area contributed by atoms with Gasteiger partial charge >= 0.3 is 5.69 Å². The first kappa shape index (κ1) is 16.6. The Balaban J connectivity index is 1.87. The fourth-order valence-electron chi connectivity index (χ4n) is 2.74. The molecule has 1 N–H and O–H groups in total. The van der Waals surface area contributed by atoms with E-state index >= 15 is 0 Å². The summed E-state index contributed by atoms with van der Waals surface area (Å²) in [6.07, 6.45) is 0. The molecule has 25 heavy (non-hydrogen) atoms. The molecule has 0 saturated heterocycles. The zero-order valence-electron chi connectivity index (χ0n) is 14.3. The van der Waals surface area contributed by atoms with Crippen LogP contribution in [0.5, 0.6) is 11.5 Å². The average molecular weight is 341 g/mol. The second kappa shape index (κ2) is 6.72. The molecular weight excluding hydrogens is 322 g/mol. The van der Waals surface area contributed by atoms with Crippen LogP contribution in [0.25, 0.3) is 11.0 Å². The molecule has 0 radical (unpaired) electrons. The van der Waals surface area contributed by atoms with Crippen LogP contribution in [0.4, 0.5) is 5.69 Å². The van der Waals surface area contributed by atoms with Crippen LogP contribution in [0.1, 0.15) is 0 Å². The van der Waals surface area contributed by atoms with Crippen molar-refractivity contribution in [2.24, 2.45) is 7.05 Å². The summed E-state index contributed by atoms with van der Waals surface area (Å²) < 4.78 is 13.3. The summed E-state index contributed by atoms with van der Waals surface area (Å²) >= 11 is 0. The maximum Gasteiger partial charge on any atom is 0.329 e. The predicted octanol–water partition coefficient (Wildman–Crippen LogP) is 2.00. The number of hydrogen-bond acceptors (Lipinski definition) is 4. The number of para-hydroxylation sites is 2. The first-order valence-electron chi connectivity index (χ1n) is 7.70. The van der Waals surface area contributed by atoms with E-state index in [0.717, 1.165) is 5.52 Å². The Morgan fingerprint density at radius 3 is 2.24 bits per heavy atom. The largest absolute Gasteiger partial charge is 0.497 e. The quantitative estimate of drug-likeness (QED) is 0.770. The summed E-state index contributed by atoms with van der Waals surface area (Å²) in [6.45, 7) is -0.0836. The number of benzene rings is 2. The standard InChI is InChI=1S/C18H19N3O4/c1-20-15-6-4-5-7-16(15)21(18(20)23)11-17(22)19-12-8-13(24-2)10-14(9-12)25-3/h4-10H,11H2,1-3H3,(H,19,22). The molecule has 0 aliphatic heterocycles. The van der Waals surface area contributed by atoms with E-state index in [1.807, 2.05) is 24.3 Å². The molecule has 1 aromatic heterocycles. The second-order valence-electron chi connectivity index (χ2n) is 5.57. The zero-order valence-corrected chi connectivity index (χ0v) is 14.3. The highest BCUT2D eigenvalue weighted by atomic mass is 16.5. The van der Waals surface area contributed by atoms with Crippen LogP contribution in [-0.2, 0) is 18.4 Å². The highest BCUT2D eigenvalue weighted by Crippen LogP contribution is 2.25. The number of nitrogens with one attached hydrogen (secondary N) is 1. The number of ether oxygens (including phenoxy) is 2. The smallest absolute Gasteiger partial charge is 0.329 e. The Labute approximate surface area is 144 Å². The fraction of sp³-hybridized carbons (Fsp3) is 0.222. The predicted molar refractivity (Wildman–Crippen MR) is 95.4 cm³/mol. The van der Waals surface area contributed by atoms with Gasteiger partial charge in [0.2, 0.25) is 5.91 Å². The molecule has 0 spiro atoms. The van der Waals surface area contributed by atoms with Gasteiger partial charge in [-0.05, 0) is 12.1 Å². The van der Waals surface area contributed by atoms with Crippen molar-refractivity contribution in [2.75, 3.05) is 19.5 Å². The molecule has 2 aromatic carbocycles. The Morgan fingerprint density at radius 2 is 1.64 bits per heavy atom. The van der Waals surface area contributed by atoms with Crippen LogP contribution in [0.2, 0.25) is 0 Å². The molecule has 3 aromatic rings. The lowest BCUT2D eigenvalue weighted by molar-refractivity contribution is -0.116. The molecule has 0 aliphatic rings. The van der Waals surface area contributed by atoms with Gasteiger partial charge in [0.25, 0.3) is 0 Å². The second-order valence-corrected chi connectivity index (χ2v) is 5.57. The molecule has 0 saturated carbocycles. The number of anilines is 1. The number of imidazole rings is 1. The number of aromatic nitrogens is 2. The van der Waals surface area contributed by atoms with E-state index in [4.69, 9.17) is 9.47 Å². The summed E-state index contributed by atoms with van der Waals surface area (Å²) in [4.78, 5) is 24.8. The topological polar surface area (TPSA) is 74.5 Å². The van der Waals surface area contributed by atoms with Crippen molar-refractivity contribution in [3.05, 3.63) is 52.9 Å². The number of carbonyl (C=O) groups is 1. The van der Waals surface area contributed by atoms with Gasteiger partial charge in [-0.3, -0.25) is 13.9 Å². The van der Waals surface area contributed by atoms with Gasteiger partial charge in [-0.1, -0.05) is 12.1 Å². The summed E-state index contributed by atoms with van der Waals surface area (Å²) in [5.74, 6) is 0.822. The van der Waals surface area contributed by atoms with Crippen LogP contribution in [0.3, 0.4) is 0 Å². The van der Waals surface area contributed by atoms with Crippen molar-refractivity contribution in [1.29, 1.82) is 0 Å². The van der Waals surface area contributed by atoms with Crippen molar-refractivity contribution in [2.45, 2.75) is 6.54 Å². The first-order chi connectivity index (χ1) is 12.0. The van der Waals surface area contributed by atoms with Crippen molar-refractivity contribution < 1.29 is 14.3 Å². The van der Waals surface area contributed by atoms with Gasteiger partial charge in [-0.25, -0.2) is 4.79 Å². The normalized spacial score (nSPS) is 10.7. The summed E-state index contributed by atoms with van der Waals surface area (Å²) in [6, 6.07) is 12.4. The van der Waals surface area contributed by atoms with Crippen LogP contribution in [-0.4, -0.2) is 29.3 Å². The van der Waals surface area contributed by atoms with Crippen molar-refractivity contribution in [3.8, 4) is 11.5 Å². The molecule has 1 amide bonds. The molecule has 3 rings (SSSR count). The third-order valence-corrected chi connectivity index (χ3v) is 3.99. The number of amides is 1. The van der Waals surface area contributed by atoms with Crippen LogP contribution in [0.15, 0.2) is 47.3 Å². The number of hydrogen-bond donors (Lipinski definition) is 1. The van der Waals surface area contributed by atoms with Crippen molar-refractivity contribution in [3.63, 3.8) is 0 Å². The third kappa shape index (κ3) is 3.21. The van der Waals surface area contributed by atoms with Crippen LogP contribution in [0, 0.1) is 0 Å². The summed E-state index contributed by atoms with van der Waals surface area (Å²) in [7, 11) is 4.76. The first-order valence-corrected chi connectivity index (χ1v) is 7.70. The molecular formula is C18H19N3O4. The average Bonchev–Trinajstić information content (AvgIpc) is 2.86. The highest BCUT2D eigenvalue weighted by Gasteiger charge is 2.14. The van der Waals surface area contributed by atoms with Gasteiger partial charge in [-0.2, -0.15) is 0 Å². The number of carbonyl (C=O) groups excluding carboxylic acids is 1. The lowest BCUT2D eigenvalue weighted by Gasteiger charge is -2.10. The Morgan fingerprint density at radius 1 is 1.04 bits per heavy atom. The van der Waals surface area contributed by atoms with Crippen molar-refractivity contribution in [1.82, 2.24) is 9.13 Å². The van der Waals surface area contributed by atoms with Gasteiger partial charge in [0, 0.05) is 30.9 Å². The van der Waals surface area contributed by atoms with Crippen LogP contribution < -0.4 is 20.5 Å². The van der Waals surface area contributed by atoms with E-state index in [-0.39, 0.29) is 18.1 Å². The van der Waals surface area contributed by atoms with E-state index in [9.17, 15) is 9.59 Å². The molecule has 7 nitrogen and oxygen atoms in total. The summed E-state index contributed by atoms with van der Waals surface area (Å²) in [5, 5.41) is 2.77. The molecule has 0 bridgehead atoms. The minimum atomic E-state index is -0.311. The maximum absolute atomic E-state index is 12.4. The van der Waals surface area contributed by atoms with E-state index in [1.165, 1.54) is 23.4 Å².